The minimum Gasteiger partial charge on any atom is -0.481 e. The molecule has 0 atom stereocenters. The highest BCUT2D eigenvalue weighted by Crippen LogP contribution is 2.18. The molecule has 2 aromatic carbocycles. The molecule has 0 aromatic heterocycles. The first-order valence-electron chi connectivity index (χ1n) is 5.04. The monoisotopic (exact) mass is 230 g/mol. The predicted molar refractivity (Wildman–Crippen MR) is 62.2 cm³/mol. The number of carboxylic acid groups (broad SMARTS) is 2. The topological polar surface area (TPSA) is 74.6 Å². The molecule has 0 radical (unpaired) electrons. The summed E-state index contributed by atoms with van der Waals surface area (Å²) < 4.78 is 0. The SMILES string of the molecule is O=C(O)Cc1ccc2cc(C(=O)O)ccc2c1. The summed E-state index contributed by atoms with van der Waals surface area (Å²) in [4.78, 5) is 21.3. The normalized spacial score (nSPS) is 10.4. The number of benzene rings is 2. The van der Waals surface area contributed by atoms with Gasteiger partial charge in [-0.1, -0.05) is 24.3 Å². The van der Waals surface area contributed by atoms with Gasteiger partial charge in [0, 0.05) is 0 Å². The van der Waals surface area contributed by atoms with Gasteiger partial charge < -0.3 is 10.2 Å². The Morgan fingerprint density at radius 1 is 0.941 bits per heavy atom. The van der Waals surface area contributed by atoms with Crippen molar-refractivity contribution in [1.82, 2.24) is 0 Å². The van der Waals surface area contributed by atoms with Gasteiger partial charge >= 0.3 is 11.9 Å². The summed E-state index contributed by atoms with van der Waals surface area (Å²) in [6, 6.07) is 9.96. The number of hydrogen-bond acceptors (Lipinski definition) is 2. The van der Waals surface area contributed by atoms with E-state index in [2.05, 4.69) is 0 Å². The summed E-state index contributed by atoms with van der Waals surface area (Å²) in [6.07, 6.45) is -0.0311. The minimum absolute atomic E-state index is 0.0311. The van der Waals surface area contributed by atoms with Crippen LogP contribution in [0.4, 0.5) is 0 Å². The molecule has 0 aliphatic carbocycles. The van der Waals surface area contributed by atoms with Crippen LogP contribution in [0.2, 0.25) is 0 Å². The molecular weight excluding hydrogens is 220 g/mol. The van der Waals surface area contributed by atoms with E-state index < -0.39 is 11.9 Å². The van der Waals surface area contributed by atoms with Crippen LogP contribution >= 0.6 is 0 Å². The fourth-order valence-electron chi connectivity index (χ4n) is 1.71. The van der Waals surface area contributed by atoms with Crippen LogP contribution in [0, 0.1) is 0 Å². The fraction of sp³-hybridized carbons (Fsp3) is 0.0769. The highest BCUT2D eigenvalue weighted by Gasteiger charge is 2.05. The van der Waals surface area contributed by atoms with Crippen molar-refractivity contribution in [1.29, 1.82) is 0 Å². The number of rotatable bonds is 3. The standard InChI is InChI=1S/C13H10O4/c14-12(15)6-8-1-2-10-7-11(13(16)17)4-3-9(10)5-8/h1-5,7H,6H2,(H,14,15)(H,16,17). The number of carbonyl (C=O) groups is 2. The first kappa shape index (κ1) is 11.1. The van der Waals surface area contributed by atoms with E-state index in [1.165, 1.54) is 6.07 Å². The quantitative estimate of drug-likeness (QED) is 0.847. The Balaban J connectivity index is 2.46. The van der Waals surface area contributed by atoms with Crippen LogP contribution in [0.5, 0.6) is 0 Å². The molecule has 86 valence electrons. The van der Waals surface area contributed by atoms with Gasteiger partial charge in [0.25, 0.3) is 0 Å². The molecule has 0 unspecified atom stereocenters. The third-order valence-electron chi connectivity index (χ3n) is 2.51. The van der Waals surface area contributed by atoms with Gasteiger partial charge in [0.2, 0.25) is 0 Å². The maximum Gasteiger partial charge on any atom is 0.335 e. The largest absolute Gasteiger partial charge is 0.481 e. The van der Waals surface area contributed by atoms with Crippen molar-refractivity contribution < 1.29 is 19.8 Å². The molecule has 0 aliphatic rings. The maximum absolute atomic E-state index is 10.8. The number of hydrogen-bond donors (Lipinski definition) is 2. The van der Waals surface area contributed by atoms with Crippen LogP contribution in [0.25, 0.3) is 10.8 Å². The Labute approximate surface area is 97.1 Å². The second-order valence-electron chi connectivity index (χ2n) is 3.77. The highest BCUT2D eigenvalue weighted by molar-refractivity contribution is 5.94. The lowest BCUT2D eigenvalue weighted by atomic mass is 10.0. The van der Waals surface area contributed by atoms with Gasteiger partial charge in [-0.2, -0.15) is 0 Å². The van der Waals surface area contributed by atoms with Gasteiger partial charge in [0.1, 0.15) is 0 Å². The summed E-state index contributed by atoms with van der Waals surface area (Å²) in [7, 11) is 0. The van der Waals surface area contributed by atoms with E-state index in [9.17, 15) is 9.59 Å². The summed E-state index contributed by atoms with van der Waals surface area (Å²) in [5.41, 5.74) is 0.927. The van der Waals surface area contributed by atoms with E-state index in [0.717, 1.165) is 10.8 Å². The lowest BCUT2D eigenvalue weighted by Crippen LogP contribution is -2.00. The molecule has 0 saturated carbocycles. The molecule has 0 heterocycles. The molecule has 4 nitrogen and oxygen atoms in total. The maximum atomic E-state index is 10.8. The van der Waals surface area contributed by atoms with Crippen molar-refractivity contribution in [2.45, 2.75) is 6.42 Å². The molecule has 0 spiro atoms. The number of aromatic carboxylic acids is 1. The molecule has 2 aromatic rings. The van der Waals surface area contributed by atoms with E-state index in [1.54, 1.807) is 30.3 Å². The Kier molecular flexibility index (Phi) is 2.78. The van der Waals surface area contributed by atoms with E-state index in [1.807, 2.05) is 0 Å². The molecule has 0 bridgehead atoms. The van der Waals surface area contributed by atoms with Gasteiger partial charge in [0.15, 0.2) is 0 Å². The van der Waals surface area contributed by atoms with E-state index >= 15 is 0 Å². The van der Waals surface area contributed by atoms with E-state index in [-0.39, 0.29) is 12.0 Å². The van der Waals surface area contributed by atoms with E-state index in [4.69, 9.17) is 10.2 Å². The molecule has 0 saturated heterocycles. The van der Waals surface area contributed by atoms with Crippen molar-refractivity contribution in [2.75, 3.05) is 0 Å². The van der Waals surface area contributed by atoms with Crippen molar-refractivity contribution in [3.63, 3.8) is 0 Å². The zero-order valence-corrected chi connectivity index (χ0v) is 8.88. The first-order chi connectivity index (χ1) is 8.06. The molecule has 0 aliphatic heterocycles. The summed E-state index contributed by atoms with van der Waals surface area (Å²) in [6.45, 7) is 0. The molecular formula is C13H10O4. The van der Waals surface area contributed by atoms with Gasteiger partial charge in [-0.15, -0.1) is 0 Å². The highest BCUT2D eigenvalue weighted by atomic mass is 16.4. The lowest BCUT2D eigenvalue weighted by Gasteiger charge is -2.02. The zero-order chi connectivity index (χ0) is 12.4. The third-order valence-corrected chi connectivity index (χ3v) is 2.51. The zero-order valence-electron chi connectivity index (χ0n) is 8.88. The second-order valence-corrected chi connectivity index (χ2v) is 3.77. The van der Waals surface area contributed by atoms with Gasteiger partial charge in [-0.05, 0) is 28.5 Å². The summed E-state index contributed by atoms with van der Waals surface area (Å²) in [5.74, 6) is -1.85. The lowest BCUT2D eigenvalue weighted by molar-refractivity contribution is -0.136. The Hall–Kier alpha value is -2.36. The summed E-state index contributed by atoms with van der Waals surface area (Å²) >= 11 is 0. The smallest absolute Gasteiger partial charge is 0.335 e. The van der Waals surface area contributed by atoms with Gasteiger partial charge in [-0.3, -0.25) is 4.79 Å². The van der Waals surface area contributed by atoms with Crippen LogP contribution in [0.1, 0.15) is 15.9 Å². The Morgan fingerprint density at radius 2 is 1.59 bits per heavy atom. The second kappa shape index (κ2) is 4.25. The molecule has 0 fully saturated rings. The van der Waals surface area contributed by atoms with Crippen molar-refractivity contribution in [3.05, 3.63) is 47.5 Å². The van der Waals surface area contributed by atoms with Crippen molar-refractivity contribution >= 4 is 22.7 Å². The average molecular weight is 230 g/mol. The molecule has 4 heteroatoms. The average Bonchev–Trinajstić information content (AvgIpc) is 2.27. The first-order valence-corrected chi connectivity index (χ1v) is 5.04. The van der Waals surface area contributed by atoms with Crippen molar-refractivity contribution in [2.24, 2.45) is 0 Å². The minimum atomic E-state index is -0.971. The molecule has 2 rings (SSSR count). The summed E-state index contributed by atoms with van der Waals surface area (Å²) in [5, 5.41) is 19.2. The number of carboxylic acids is 2. The fourth-order valence-corrected chi connectivity index (χ4v) is 1.71. The van der Waals surface area contributed by atoms with Gasteiger partial charge in [-0.25, -0.2) is 4.79 Å². The van der Waals surface area contributed by atoms with Crippen LogP contribution in [-0.4, -0.2) is 22.2 Å². The molecule has 17 heavy (non-hydrogen) atoms. The number of fused-ring (bicyclic) bond motifs is 1. The Bertz CT molecular complexity index is 601. The Morgan fingerprint density at radius 3 is 2.24 bits per heavy atom. The third kappa shape index (κ3) is 2.42. The van der Waals surface area contributed by atoms with E-state index in [0.29, 0.717) is 5.56 Å². The molecule has 0 amide bonds. The van der Waals surface area contributed by atoms with Crippen LogP contribution in [0.3, 0.4) is 0 Å². The molecule has 2 N–H and O–H groups in total. The van der Waals surface area contributed by atoms with Crippen molar-refractivity contribution in [3.8, 4) is 0 Å². The predicted octanol–water partition coefficient (Wildman–Crippen LogP) is 2.17. The van der Waals surface area contributed by atoms with Gasteiger partial charge in [0.05, 0.1) is 12.0 Å². The van der Waals surface area contributed by atoms with Crippen LogP contribution < -0.4 is 0 Å². The van der Waals surface area contributed by atoms with Crippen LogP contribution in [0.15, 0.2) is 36.4 Å². The van der Waals surface area contributed by atoms with Crippen LogP contribution in [-0.2, 0) is 11.2 Å². The number of aliphatic carboxylic acids is 1.